The van der Waals surface area contributed by atoms with Crippen molar-refractivity contribution in [3.63, 3.8) is 0 Å². The predicted octanol–water partition coefficient (Wildman–Crippen LogP) is 3.62. The molecule has 1 aliphatic rings. The highest BCUT2D eigenvalue weighted by molar-refractivity contribution is 7.12. The van der Waals surface area contributed by atoms with Crippen molar-refractivity contribution in [2.24, 2.45) is 0 Å². The summed E-state index contributed by atoms with van der Waals surface area (Å²) in [4.78, 5) is 40.2. The van der Waals surface area contributed by atoms with E-state index < -0.39 is 17.5 Å². The van der Waals surface area contributed by atoms with E-state index in [4.69, 9.17) is 0 Å². The van der Waals surface area contributed by atoms with Crippen molar-refractivity contribution in [1.82, 2.24) is 10.2 Å². The molecular formula is C22H18N2O3S. The largest absolute Gasteiger partial charge is 0.325 e. The summed E-state index contributed by atoms with van der Waals surface area (Å²) in [5, 5.41) is 4.67. The van der Waals surface area contributed by atoms with Gasteiger partial charge in [-0.1, -0.05) is 66.7 Å². The maximum atomic E-state index is 13.4. The van der Waals surface area contributed by atoms with Gasteiger partial charge in [0.25, 0.3) is 5.91 Å². The summed E-state index contributed by atoms with van der Waals surface area (Å²) in [5.74, 6) is -0.653. The fourth-order valence-electron chi connectivity index (χ4n) is 3.47. The molecule has 2 aromatic carbocycles. The van der Waals surface area contributed by atoms with Crippen molar-refractivity contribution in [2.75, 3.05) is 6.54 Å². The van der Waals surface area contributed by atoms with Crippen LogP contribution in [-0.2, 0) is 16.8 Å². The monoisotopic (exact) mass is 390 g/mol. The van der Waals surface area contributed by atoms with E-state index in [1.54, 1.807) is 17.5 Å². The van der Waals surface area contributed by atoms with Crippen LogP contribution in [0.25, 0.3) is 0 Å². The first-order valence-corrected chi connectivity index (χ1v) is 9.78. The molecule has 1 saturated heterocycles. The number of imide groups is 1. The van der Waals surface area contributed by atoms with Gasteiger partial charge in [0.05, 0.1) is 11.4 Å². The van der Waals surface area contributed by atoms with E-state index in [1.165, 1.54) is 11.3 Å². The van der Waals surface area contributed by atoms with Crippen LogP contribution in [0.1, 0.15) is 20.8 Å². The third-order valence-corrected chi connectivity index (χ3v) is 5.76. The molecule has 1 atom stereocenters. The Hall–Kier alpha value is -3.25. The fourth-order valence-corrected chi connectivity index (χ4v) is 4.13. The first-order valence-electron chi connectivity index (χ1n) is 8.90. The fraction of sp³-hybridized carbons (Fsp3) is 0.136. The van der Waals surface area contributed by atoms with Crippen LogP contribution in [0.3, 0.4) is 0 Å². The third-order valence-electron chi connectivity index (χ3n) is 4.85. The summed E-state index contributed by atoms with van der Waals surface area (Å²) in [6.07, 6.45) is 0.312. The molecule has 0 saturated carbocycles. The van der Waals surface area contributed by atoms with E-state index in [0.29, 0.717) is 16.9 Å². The molecule has 1 aliphatic heterocycles. The molecule has 5 nitrogen and oxygen atoms in total. The van der Waals surface area contributed by atoms with Crippen molar-refractivity contribution in [3.05, 3.63) is 94.2 Å². The van der Waals surface area contributed by atoms with Gasteiger partial charge in [0, 0.05) is 6.42 Å². The lowest BCUT2D eigenvalue weighted by molar-refractivity contribution is -0.131. The Labute approximate surface area is 166 Å². The van der Waals surface area contributed by atoms with Crippen LogP contribution in [0, 0.1) is 0 Å². The Morgan fingerprint density at radius 1 is 0.929 bits per heavy atom. The van der Waals surface area contributed by atoms with Crippen molar-refractivity contribution in [1.29, 1.82) is 0 Å². The van der Waals surface area contributed by atoms with Gasteiger partial charge >= 0.3 is 6.03 Å². The lowest BCUT2D eigenvalue weighted by atomic mass is 9.83. The maximum Gasteiger partial charge on any atom is 0.325 e. The van der Waals surface area contributed by atoms with Gasteiger partial charge in [-0.05, 0) is 22.6 Å². The number of Topliss-reactive ketones (excluding diaryl/α,β-unsaturated/α-hetero) is 1. The number of carbonyl (C=O) groups is 3. The number of thiophene rings is 1. The number of nitrogens with one attached hydrogen (secondary N) is 1. The van der Waals surface area contributed by atoms with Crippen LogP contribution < -0.4 is 5.32 Å². The van der Waals surface area contributed by atoms with E-state index in [-0.39, 0.29) is 12.3 Å². The molecule has 2 heterocycles. The minimum absolute atomic E-state index is 0.248. The number of amides is 3. The van der Waals surface area contributed by atoms with Crippen LogP contribution in [0.15, 0.2) is 78.2 Å². The Bertz CT molecular complexity index is 1000. The van der Waals surface area contributed by atoms with Crippen molar-refractivity contribution in [2.45, 2.75) is 12.0 Å². The second kappa shape index (κ2) is 7.40. The number of rotatable bonds is 6. The van der Waals surface area contributed by atoms with E-state index in [1.807, 2.05) is 60.7 Å². The summed E-state index contributed by atoms with van der Waals surface area (Å²) in [6.45, 7) is -0.269. The van der Waals surface area contributed by atoms with Gasteiger partial charge in [0.15, 0.2) is 11.3 Å². The molecule has 1 N–H and O–H groups in total. The Balaban J connectivity index is 1.69. The lowest BCUT2D eigenvalue weighted by Crippen LogP contribution is -2.46. The number of hydrogen-bond donors (Lipinski definition) is 1. The zero-order valence-electron chi connectivity index (χ0n) is 15.0. The van der Waals surface area contributed by atoms with E-state index in [0.717, 1.165) is 10.5 Å². The van der Waals surface area contributed by atoms with Gasteiger partial charge in [-0.25, -0.2) is 4.79 Å². The molecule has 140 valence electrons. The molecule has 0 aliphatic carbocycles. The molecule has 0 radical (unpaired) electrons. The van der Waals surface area contributed by atoms with Gasteiger partial charge < -0.3 is 5.32 Å². The molecular weight excluding hydrogens is 372 g/mol. The van der Waals surface area contributed by atoms with Crippen molar-refractivity contribution >= 4 is 29.1 Å². The first kappa shape index (κ1) is 18.1. The standard InChI is InChI=1S/C22H18N2O3S/c25-18(19-12-7-13-28-19)15-24-20(26)22(23-21(24)27,17-10-5-2-6-11-17)14-16-8-3-1-4-9-16/h1-13H,14-15H2,(H,23,27)/t22-/m0/s1. The minimum atomic E-state index is -1.23. The molecule has 1 aromatic heterocycles. The lowest BCUT2D eigenvalue weighted by Gasteiger charge is -2.27. The van der Waals surface area contributed by atoms with Gasteiger partial charge in [0.2, 0.25) is 0 Å². The second-order valence-electron chi connectivity index (χ2n) is 6.66. The maximum absolute atomic E-state index is 13.4. The van der Waals surface area contributed by atoms with E-state index >= 15 is 0 Å². The highest BCUT2D eigenvalue weighted by Crippen LogP contribution is 2.33. The summed E-state index contributed by atoms with van der Waals surface area (Å²) in [6, 6.07) is 21.6. The topological polar surface area (TPSA) is 66.5 Å². The molecule has 0 spiro atoms. The number of urea groups is 1. The van der Waals surface area contributed by atoms with Gasteiger partial charge in [0.1, 0.15) is 0 Å². The number of nitrogens with zero attached hydrogens (tertiary/aromatic N) is 1. The summed E-state index contributed by atoms with van der Waals surface area (Å²) in [7, 11) is 0. The zero-order valence-corrected chi connectivity index (χ0v) is 15.8. The number of benzene rings is 2. The molecule has 0 unspecified atom stereocenters. The van der Waals surface area contributed by atoms with Crippen molar-refractivity contribution < 1.29 is 14.4 Å². The predicted molar refractivity (Wildman–Crippen MR) is 107 cm³/mol. The van der Waals surface area contributed by atoms with Crippen LogP contribution in [0.5, 0.6) is 0 Å². The summed E-state index contributed by atoms with van der Waals surface area (Å²) in [5.41, 5.74) is 0.393. The Morgan fingerprint density at radius 3 is 2.25 bits per heavy atom. The molecule has 3 aromatic rings. The van der Waals surface area contributed by atoms with Crippen LogP contribution in [-0.4, -0.2) is 29.2 Å². The summed E-state index contributed by atoms with van der Waals surface area (Å²) < 4.78 is 0. The second-order valence-corrected chi connectivity index (χ2v) is 7.60. The number of ketones is 1. The average molecular weight is 390 g/mol. The smallest absolute Gasteiger partial charge is 0.319 e. The molecule has 6 heteroatoms. The average Bonchev–Trinajstić information content (AvgIpc) is 3.34. The molecule has 1 fully saturated rings. The number of hydrogen-bond acceptors (Lipinski definition) is 4. The highest BCUT2D eigenvalue weighted by atomic mass is 32.1. The summed E-state index contributed by atoms with van der Waals surface area (Å²) >= 11 is 1.30. The SMILES string of the molecule is O=C(CN1C(=O)N[C@@](Cc2ccccc2)(c2ccccc2)C1=O)c1cccs1. The Kier molecular flexibility index (Phi) is 4.79. The quantitative estimate of drug-likeness (QED) is 0.516. The molecule has 28 heavy (non-hydrogen) atoms. The molecule has 0 bridgehead atoms. The van der Waals surface area contributed by atoms with Gasteiger partial charge in [-0.2, -0.15) is 0 Å². The normalized spacial score (nSPS) is 18.9. The first-order chi connectivity index (χ1) is 13.6. The van der Waals surface area contributed by atoms with Gasteiger partial charge in [-0.3, -0.25) is 14.5 Å². The Morgan fingerprint density at radius 2 is 1.61 bits per heavy atom. The zero-order chi connectivity index (χ0) is 19.6. The molecule has 3 amide bonds. The molecule has 4 rings (SSSR count). The minimum Gasteiger partial charge on any atom is -0.319 e. The number of carbonyl (C=O) groups excluding carboxylic acids is 3. The van der Waals surface area contributed by atoms with E-state index in [9.17, 15) is 14.4 Å². The van der Waals surface area contributed by atoms with Crippen LogP contribution in [0.4, 0.5) is 4.79 Å². The van der Waals surface area contributed by atoms with Crippen LogP contribution in [0.2, 0.25) is 0 Å². The van der Waals surface area contributed by atoms with E-state index in [2.05, 4.69) is 5.32 Å². The highest BCUT2D eigenvalue weighted by Gasteiger charge is 2.52. The van der Waals surface area contributed by atoms with Gasteiger partial charge in [-0.15, -0.1) is 11.3 Å². The van der Waals surface area contributed by atoms with Crippen LogP contribution >= 0.6 is 11.3 Å². The third kappa shape index (κ3) is 3.23. The van der Waals surface area contributed by atoms with Crippen molar-refractivity contribution in [3.8, 4) is 0 Å².